The van der Waals surface area contributed by atoms with Crippen LogP contribution in [0.1, 0.15) is 0 Å². The van der Waals surface area contributed by atoms with E-state index in [1.165, 1.54) is 0 Å². The van der Waals surface area contributed by atoms with E-state index < -0.39 is 21.6 Å². The minimum Gasteiger partial charge on any atom is -0.357 e. The van der Waals surface area contributed by atoms with Gasteiger partial charge in [0.1, 0.15) is 0 Å². The first-order valence-corrected chi connectivity index (χ1v) is 2.82. The van der Waals surface area contributed by atoms with E-state index in [0.29, 0.717) is 0 Å². The van der Waals surface area contributed by atoms with Crippen molar-refractivity contribution in [1.82, 2.24) is 0 Å². The molecule has 0 rings (SSSR count). The molecule has 0 atom stereocenters. The molecule has 0 aliphatic carbocycles. The van der Waals surface area contributed by atoms with E-state index in [1.807, 2.05) is 0 Å². The van der Waals surface area contributed by atoms with Gasteiger partial charge in [-0.2, -0.15) is 0 Å². The molecule has 0 aromatic carbocycles. The summed E-state index contributed by atoms with van der Waals surface area (Å²) in [5.74, 6) is 0. The molecule has 0 amide bonds. The minimum atomic E-state index is -2.85. The zero-order chi connectivity index (χ0) is 7.15. The monoisotopic (exact) mass is 231 g/mol. The molecule has 0 saturated carbocycles. The molecule has 0 saturated heterocycles. The molecule has 9 heteroatoms. The topological polar surface area (TPSA) is 136 Å². The van der Waals surface area contributed by atoms with Crippen molar-refractivity contribution in [2.24, 2.45) is 0 Å². The molecule has 0 aliphatic heterocycles. The number of rotatable bonds is 0. The van der Waals surface area contributed by atoms with Gasteiger partial charge in [0.25, 0.3) is 10.8 Å². The molecule has 52 valence electrons. The molecule has 0 fully saturated rings. The van der Waals surface area contributed by atoms with Crippen LogP contribution >= 0.6 is 0 Å². The number of hydrogen-bond acceptors (Lipinski definition) is 6. The van der Waals surface area contributed by atoms with Gasteiger partial charge < -0.3 is 23.3 Å². The molecule has 0 aromatic heterocycles. The predicted octanol–water partition coefficient (Wildman–Crippen LogP) is -6.50. The van der Waals surface area contributed by atoms with Crippen molar-refractivity contribution >= 4 is 0 Å². The van der Waals surface area contributed by atoms with Crippen molar-refractivity contribution in [3.63, 3.8) is 0 Å². The van der Waals surface area contributed by atoms with Gasteiger partial charge in [0.05, 0.1) is 10.8 Å². The normalized spacial score (nSPS) is 8.00. The Labute approximate surface area is 69.3 Å². The van der Waals surface area contributed by atoms with Gasteiger partial charge in [0.15, 0.2) is 0 Å². The van der Waals surface area contributed by atoms with Crippen LogP contribution in [-0.2, 0) is 19.5 Å². The first-order chi connectivity index (χ1) is 3.46. The van der Waals surface area contributed by atoms with Crippen molar-refractivity contribution in [3.8, 4) is 0 Å². The molecule has 6 nitrogen and oxygen atoms in total. The Kier molecular flexibility index (Phi) is 21.5. The summed E-state index contributed by atoms with van der Waals surface area (Å²) in [6.45, 7) is 0. The summed E-state index contributed by atoms with van der Waals surface area (Å²) in [4.78, 5) is 0. The van der Waals surface area contributed by atoms with Crippen molar-refractivity contribution in [2.45, 2.75) is 0 Å². The molecule has 0 radical (unpaired) electrons. The first kappa shape index (κ1) is 16.5. The van der Waals surface area contributed by atoms with Gasteiger partial charge in [-0.05, 0) is 0 Å². The summed E-state index contributed by atoms with van der Waals surface area (Å²) < 4.78 is 49.2. The van der Waals surface area contributed by atoms with Crippen LogP contribution in [0.15, 0.2) is 0 Å². The second-order valence-electron chi connectivity index (χ2n) is 0.390. The SMILES string of the molecule is [O-][Cl+2]([O-])O.[O-][Cl+2]([O-])[O-].[Zn+2]. The fraction of sp³-hybridized carbons (Fsp3) is 0. The Hall–Kier alpha value is 0.963. The van der Waals surface area contributed by atoms with E-state index in [-0.39, 0.29) is 19.5 Å². The zero-order valence-corrected chi connectivity index (χ0v) is 8.43. The van der Waals surface area contributed by atoms with Gasteiger partial charge in [0, 0.05) is 4.66 Å². The van der Waals surface area contributed by atoms with Crippen LogP contribution in [0.25, 0.3) is 0 Å². The average Bonchev–Trinajstić information content (AvgIpc) is 1.25. The van der Waals surface area contributed by atoms with Crippen LogP contribution in [-0.4, -0.2) is 4.66 Å². The largest absolute Gasteiger partial charge is 2.00 e. The first-order valence-electron chi connectivity index (χ1n) is 0.941. The van der Waals surface area contributed by atoms with Crippen LogP contribution in [0, 0.1) is 21.6 Å². The molecule has 0 unspecified atom stereocenters. The van der Waals surface area contributed by atoms with Crippen molar-refractivity contribution in [1.29, 1.82) is 0 Å². The molecule has 0 aliphatic rings. The van der Waals surface area contributed by atoms with E-state index >= 15 is 0 Å². The van der Waals surface area contributed by atoms with Gasteiger partial charge in [-0.3, -0.25) is 0 Å². The fourth-order valence-electron chi connectivity index (χ4n) is 0. The smallest absolute Gasteiger partial charge is 0.357 e. The summed E-state index contributed by atoms with van der Waals surface area (Å²) in [5.41, 5.74) is 0. The molecular formula is HCl2O6Zn+. The predicted molar refractivity (Wildman–Crippen MR) is 2.22 cm³/mol. The van der Waals surface area contributed by atoms with E-state index in [4.69, 9.17) is 28.0 Å². The van der Waals surface area contributed by atoms with E-state index in [9.17, 15) is 0 Å². The Morgan fingerprint density at radius 1 is 0.889 bits per heavy atom. The molecule has 0 spiro atoms. The summed E-state index contributed by atoms with van der Waals surface area (Å²) in [7, 11) is -5.45. The maximum atomic E-state index is 8.52. The molecule has 9 heavy (non-hydrogen) atoms. The van der Waals surface area contributed by atoms with E-state index in [1.54, 1.807) is 0 Å². The molecule has 0 heterocycles. The van der Waals surface area contributed by atoms with Crippen LogP contribution in [0.4, 0.5) is 0 Å². The van der Waals surface area contributed by atoms with Gasteiger partial charge in [0.2, 0.25) is 0 Å². The number of hydrogen-bond donors (Lipinski definition) is 1. The Morgan fingerprint density at radius 3 is 0.889 bits per heavy atom. The second-order valence-corrected chi connectivity index (χ2v) is 1.17. The number of halogens is 2. The van der Waals surface area contributed by atoms with Gasteiger partial charge in [-0.15, -0.1) is 0 Å². The van der Waals surface area contributed by atoms with E-state index in [0.717, 1.165) is 0 Å². The maximum absolute atomic E-state index is 8.52. The fourth-order valence-corrected chi connectivity index (χ4v) is 0. The molecule has 0 aromatic rings. The average molecular weight is 233 g/mol. The molecule has 1 N–H and O–H groups in total. The van der Waals surface area contributed by atoms with Gasteiger partial charge in [-0.1, -0.05) is 0 Å². The third-order valence-electron chi connectivity index (χ3n) is 0. The summed E-state index contributed by atoms with van der Waals surface area (Å²) in [6.07, 6.45) is 0. The van der Waals surface area contributed by atoms with Crippen LogP contribution < -0.4 is 23.3 Å². The van der Waals surface area contributed by atoms with Gasteiger partial charge in [-0.25, -0.2) is 0 Å². The van der Waals surface area contributed by atoms with E-state index in [2.05, 4.69) is 0 Å². The second kappa shape index (κ2) is 11.7. The minimum absolute atomic E-state index is 0. The molecule has 0 bridgehead atoms. The summed E-state index contributed by atoms with van der Waals surface area (Å²) >= 11 is 0. The summed E-state index contributed by atoms with van der Waals surface area (Å²) in [5, 5.41) is 0. The van der Waals surface area contributed by atoms with Crippen LogP contribution in [0.2, 0.25) is 0 Å². The molecular weight excluding hydrogens is 232 g/mol. The summed E-state index contributed by atoms with van der Waals surface area (Å²) in [6, 6.07) is 0. The standard InChI is InChI=1S/ClHO3.ClO3.Zn/c2*2-1(3)4;/h2H;;/q;-1;+2. The zero-order valence-electron chi connectivity index (χ0n) is 3.95. The third-order valence-corrected chi connectivity index (χ3v) is 0. The Balaban J connectivity index is -0.0000000720. The Bertz CT molecular complexity index is 26.5. The Morgan fingerprint density at radius 2 is 0.889 bits per heavy atom. The quantitative estimate of drug-likeness (QED) is 0.413. The van der Waals surface area contributed by atoms with Crippen molar-refractivity contribution in [3.05, 3.63) is 0 Å². The van der Waals surface area contributed by atoms with Crippen molar-refractivity contribution < 1.29 is 69.0 Å². The van der Waals surface area contributed by atoms with Crippen LogP contribution in [0.5, 0.6) is 0 Å². The van der Waals surface area contributed by atoms with Crippen molar-refractivity contribution in [2.75, 3.05) is 0 Å². The third kappa shape index (κ3) is 468. The van der Waals surface area contributed by atoms with Crippen LogP contribution in [0.3, 0.4) is 0 Å². The maximum Gasteiger partial charge on any atom is 2.00 e. The van der Waals surface area contributed by atoms with Gasteiger partial charge >= 0.3 is 19.5 Å².